The van der Waals surface area contributed by atoms with Crippen molar-refractivity contribution >= 4 is 36.3 Å². The van der Waals surface area contributed by atoms with E-state index in [-0.39, 0.29) is 0 Å². The molecule has 0 atom stereocenters. The van der Waals surface area contributed by atoms with E-state index in [4.69, 9.17) is 0 Å². The Kier molecular flexibility index (Phi) is 16.5. The average molecular weight is 396 g/mol. The van der Waals surface area contributed by atoms with Crippen LogP contribution in [0.1, 0.15) is 41.5 Å². The lowest BCUT2D eigenvalue weighted by Crippen LogP contribution is -2.32. The summed E-state index contributed by atoms with van der Waals surface area (Å²) in [5, 5.41) is 3.25. The molecule has 0 aliphatic heterocycles. The maximum absolute atomic E-state index is 9.75. The molecule has 0 spiro atoms. The predicted molar refractivity (Wildman–Crippen MR) is 91.3 cm³/mol. The highest BCUT2D eigenvalue weighted by Crippen LogP contribution is 2.16. The normalized spacial score (nSPS) is 12.3. The maximum atomic E-state index is 9.75. The largest absolute Gasteiger partial charge is 0.673 e. The van der Waals surface area contributed by atoms with Crippen molar-refractivity contribution in [3.05, 3.63) is 0 Å². The van der Waals surface area contributed by atoms with E-state index in [0.717, 1.165) is 10.5 Å². The van der Waals surface area contributed by atoms with Crippen LogP contribution in [0.2, 0.25) is 0 Å². The highest BCUT2D eigenvalue weighted by Gasteiger charge is 2.34. The highest BCUT2D eigenvalue weighted by atomic mass is 32.3. The van der Waals surface area contributed by atoms with Gasteiger partial charge in [-0.1, -0.05) is 0 Å². The molecule has 0 bridgehead atoms. The molecule has 0 aromatic heterocycles. The fourth-order valence-corrected chi connectivity index (χ4v) is 7.93. The molecule has 0 saturated carbocycles. The van der Waals surface area contributed by atoms with Gasteiger partial charge in [-0.3, -0.25) is 0 Å². The van der Waals surface area contributed by atoms with E-state index in [0.29, 0.717) is 21.8 Å². The Balaban J connectivity index is -0.000000329. The van der Waals surface area contributed by atoms with Crippen LogP contribution in [0.3, 0.4) is 0 Å². The van der Waals surface area contributed by atoms with Crippen molar-refractivity contribution in [1.29, 1.82) is 0 Å². The van der Waals surface area contributed by atoms with Crippen LogP contribution in [0, 0.1) is 0 Å². The smallest absolute Gasteiger partial charge is 0.418 e. The Morgan fingerprint density at radius 1 is 0.652 bits per heavy atom. The zero-order chi connectivity index (χ0) is 19.4. The van der Waals surface area contributed by atoms with Crippen molar-refractivity contribution in [2.75, 3.05) is 16.6 Å². The molecule has 12 heteroatoms. The zero-order valence-corrected chi connectivity index (χ0v) is 15.9. The van der Waals surface area contributed by atoms with E-state index in [1.807, 2.05) is 0 Å². The first-order valence-electron chi connectivity index (χ1n) is 7.10. The van der Waals surface area contributed by atoms with E-state index in [1.54, 1.807) is 0 Å². The van der Waals surface area contributed by atoms with Gasteiger partial charge in [0.25, 0.3) is 5.08 Å². The lowest BCUT2D eigenvalue weighted by atomic mass is 10.3. The third kappa shape index (κ3) is 34.6. The summed E-state index contributed by atoms with van der Waals surface area (Å²) >= 11 is 0. The van der Waals surface area contributed by atoms with E-state index in [9.17, 15) is 34.5 Å². The summed E-state index contributed by atoms with van der Waals surface area (Å²) in [5.74, 6) is 2.78. The summed E-state index contributed by atoms with van der Waals surface area (Å²) in [6.45, 7) is 14.2. The van der Waals surface area contributed by atoms with Crippen LogP contribution in [0.25, 0.3) is 0 Å². The Morgan fingerprint density at radius 3 is 1.00 bits per heavy atom. The molecule has 0 N–H and O–H groups in total. The standard InChI is InChI=1S/C11H26S2.2BF4/c1-7-12(8-2)9-13(10(3)4)11(5)6;2*2-1(3,4)5/h10-11H,7-9H2,1-6H3;;/q+2;2*-1. The van der Waals surface area contributed by atoms with Crippen LogP contribution in [0.5, 0.6) is 0 Å². The molecule has 0 unspecified atom stereocenters. The van der Waals surface area contributed by atoms with E-state index in [1.165, 1.54) is 16.6 Å². The molecule has 0 rings (SSSR count). The highest BCUT2D eigenvalue weighted by molar-refractivity contribution is 8.13. The summed E-state index contributed by atoms with van der Waals surface area (Å²) in [7, 11) is -10.6. The van der Waals surface area contributed by atoms with Gasteiger partial charge in [0.05, 0.1) is 0 Å². The Morgan fingerprint density at radius 2 is 0.870 bits per heavy atom. The van der Waals surface area contributed by atoms with Gasteiger partial charge in [0.15, 0.2) is 0 Å². The third-order valence-corrected chi connectivity index (χ3v) is 8.81. The van der Waals surface area contributed by atoms with Crippen molar-refractivity contribution < 1.29 is 34.5 Å². The van der Waals surface area contributed by atoms with Crippen LogP contribution in [-0.4, -0.2) is 41.6 Å². The summed E-state index contributed by atoms with van der Waals surface area (Å²) < 4.78 is 78.0. The van der Waals surface area contributed by atoms with Gasteiger partial charge < -0.3 is 34.5 Å². The van der Waals surface area contributed by atoms with Gasteiger partial charge in [-0.2, -0.15) is 0 Å². The van der Waals surface area contributed by atoms with Crippen molar-refractivity contribution in [2.45, 2.75) is 52.0 Å². The second-order valence-electron chi connectivity index (χ2n) is 4.86. The van der Waals surface area contributed by atoms with E-state index >= 15 is 0 Å². The maximum Gasteiger partial charge on any atom is 0.673 e. The van der Waals surface area contributed by atoms with Crippen LogP contribution >= 0.6 is 0 Å². The van der Waals surface area contributed by atoms with Crippen molar-refractivity contribution in [1.82, 2.24) is 0 Å². The average Bonchev–Trinajstić information content (AvgIpc) is 2.24. The monoisotopic (exact) mass is 396 g/mol. The van der Waals surface area contributed by atoms with E-state index < -0.39 is 14.5 Å². The molecule has 0 amide bonds. The topological polar surface area (TPSA) is 0 Å². The first-order chi connectivity index (χ1) is 10.0. The van der Waals surface area contributed by atoms with Crippen LogP contribution in [0.4, 0.5) is 34.5 Å². The van der Waals surface area contributed by atoms with Gasteiger partial charge in [-0.15, -0.1) is 0 Å². The van der Waals surface area contributed by atoms with E-state index in [2.05, 4.69) is 41.5 Å². The Bertz CT molecular complexity index is 236. The minimum atomic E-state index is -6.00. The van der Waals surface area contributed by atoms with Crippen LogP contribution in [-0.2, 0) is 21.8 Å². The van der Waals surface area contributed by atoms with Gasteiger partial charge in [0.2, 0.25) is 0 Å². The summed E-state index contributed by atoms with van der Waals surface area (Å²) in [6, 6.07) is 0. The van der Waals surface area contributed by atoms with Gasteiger partial charge in [-0.25, -0.2) is 0 Å². The molecule has 0 aromatic rings. The molecular weight excluding hydrogens is 370 g/mol. The van der Waals surface area contributed by atoms with Gasteiger partial charge in [0, 0.05) is 21.8 Å². The molecule has 23 heavy (non-hydrogen) atoms. The number of halogens is 8. The molecule has 0 heterocycles. The number of hydrogen-bond acceptors (Lipinski definition) is 0. The fraction of sp³-hybridized carbons (Fsp3) is 1.00. The molecule has 0 saturated heterocycles. The second kappa shape index (κ2) is 13.5. The molecule has 0 fully saturated rings. The molecule has 144 valence electrons. The predicted octanol–water partition coefficient (Wildman–Crippen LogP) is 5.64. The molecule has 0 nitrogen and oxygen atoms in total. The molecular formula is C11H26B2F8S2. The van der Waals surface area contributed by atoms with Gasteiger partial charge in [-0.05, 0) is 41.5 Å². The zero-order valence-electron chi connectivity index (χ0n) is 14.3. The van der Waals surface area contributed by atoms with Crippen molar-refractivity contribution in [2.24, 2.45) is 0 Å². The first kappa shape index (κ1) is 28.1. The number of hydrogen-bond donors (Lipinski definition) is 0. The molecule has 0 aromatic carbocycles. The molecule has 0 radical (unpaired) electrons. The van der Waals surface area contributed by atoms with Crippen molar-refractivity contribution in [3.8, 4) is 0 Å². The van der Waals surface area contributed by atoms with Crippen LogP contribution < -0.4 is 0 Å². The van der Waals surface area contributed by atoms with Crippen LogP contribution in [0.15, 0.2) is 0 Å². The summed E-state index contributed by atoms with van der Waals surface area (Å²) in [6.07, 6.45) is 0. The number of rotatable bonds is 6. The van der Waals surface area contributed by atoms with Gasteiger partial charge in [0.1, 0.15) is 22.0 Å². The Hall–Kier alpha value is 0.270. The SMILES string of the molecule is CC[S+](CC)C[S+](C(C)C)C(C)C.F[B-](F)(F)F.F[B-](F)(F)F. The summed E-state index contributed by atoms with van der Waals surface area (Å²) in [4.78, 5) is 0. The molecule has 0 aliphatic rings. The lowest BCUT2D eigenvalue weighted by Gasteiger charge is -2.15. The summed E-state index contributed by atoms with van der Waals surface area (Å²) in [5.41, 5.74) is 0. The quantitative estimate of drug-likeness (QED) is 0.310. The minimum Gasteiger partial charge on any atom is -0.418 e. The Labute approximate surface area is 140 Å². The fourth-order valence-electron chi connectivity index (χ4n) is 1.38. The lowest BCUT2D eigenvalue weighted by molar-refractivity contribution is 0.366. The molecule has 0 aliphatic carbocycles. The minimum absolute atomic E-state index is 0.655. The first-order valence-corrected chi connectivity index (χ1v) is 10.3. The third-order valence-electron chi connectivity index (χ3n) is 2.33. The van der Waals surface area contributed by atoms with Crippen molar-refractivity contribution in [3.63, 3.8) is 0 Å². The van der Waals surface area contributed by atoms with Gasteiger partial charge >= 0.3 is 14.5 Å². The second-order valence-corrected chi connectivity index (χ2v) is 11.0.